The molecular formula is C25H33FN5O8P. The zero-order chi connectivity index (χ0) is 28.9. The van der Waals surface area contributed by atoms with Crippen LogP contribution in [0.5, 0.6) is 5.75 Å². The van der Waals surface area contributed by atoms with E-state index in [9.17, 15) is 18.9 Å². The molecule has 0 spiro atoms. The molecule has 0 amide bonds. The van der Waals surface area contributed by atoms with Crippen LogP contribution in [0.2, 0.25) is 0 Å². The summed E-state index contributed by atoms with van der Waals surface area (Å²) in [6.07, 6.45) is -1.20. The molecule has 0 aliphatic carbocycles. The molecule has 3 aromatic rings. The van der Waals surface area contributed by atoms with E-state index in [0.717, 1.165) is 0 Å². The number of hydrogen-bond acceptors (Lipinski definition) is 11. The first kappa shape index (κ1) is 29.8. The summed E-state index contributed by atoms with van der Waals surface area (Å²) in [5.41, 5.74) is 5.05. The van der Waals surface area contributed by atoms with E-state index in [4.69, 9.17) is 29.0 Å². The van der Waals surface area contributed by atoms with Gasteiger partial charge in [-0.05, 0) is 38.1 Å². The van der Waals surface area contributed by atoms with E-state index in [0.29, 0.717) is 11.2 Å². The molecule has 1 aromatic carbocycles. The second-order valence-electron chi connectivity index (χ2n) is 9.46. The number of aromatic nitrogens is 3. The molecule has 3 heterocycles. The summed E-state index contributed by atoms with van der Waals surface area (Å²) in [4.78, 5) is 16.5. The van der Waals surface area contributed by atoms with Gasteiger partial charge in [0.15, 0.2) is 5.82 Å². The fraction of sp³-hybridized carbons (Fsp3) is 0.480. The number of anilines is 1. The highest BCUT2D eigenvalue weighted by Gasteiger charge is 2.51. The number of para-hydroxylation sites is 1. The largest absolute Gasteiger partial charge is 0.462 e. The monoisotopic (exact) mass is 581 g/mol. The van der Waals surface area contributed by atoms with Crippen molar-refractivity contribution in [2.24, 2.45) is 0 Å². The molecule has 0 radical (unpaired) electrons. The fourth-order valence-corrected chi connectivity index (χ4v) is 5.65. The molecule has 4 rings (SSSR count). The Kier molecular flexibility index (Phi) is 9.39. The summed E-state index contributed by atoms with van der Waals surface area (Å²) in [6, 6.07) is 10.3. The maximum Gasteiger partial charge on any atom is 0.459 e. The van der Waals surface area contributed by atoms with Crippen molar-refractivity contribution in [3.05, 3.63) is 54.5 Å². The van der Waals surface area contributed by atoms with Crippen molar-refractivity contribution in [3.63, 3.8) is 0 Å². The number of alkyl halides is 1. The van der Waals surface area contributed by atoms with Crippen LogP contribution in [0, 0.1) is 0 Å². The molecule has 1 aliphatic heterocycles. The highest BCUT2D eigenvalue weighted by atomic mass is 31.2. The van der Waals surface area contributed by atoms with Gasteiger partial charge in [0, 0.05) is 13.5 Å². The Morgan fingerprint density at radius 2 is 2.08 bits per heavy atom. The Labute approximate surface area is 230 Å². The molecule has 13 nitrogen and oxygen atoms in total. The second kappa shape index (κ2) is 12.6. The lowest BCUT2D eigenvalue weighted by atomic mass is 9.98. The van der Waals surface area contributed by atoms with E-state index in [2.05, 4.69) is 15.2 Å². The number of rotatable bonds is 13. The van der Waals surface area contributed by atoms with E-state index in [1.165, 1.54) is 37.0 Å². The summed E-state index contributed by atoms with van der Waals surface area (Å²) in [7, 11) is -2.87. The number of benzene rings is 1. The van der Waals surface area contributed by atoms with E-state index in [-0.39, 0.29) is 30.7 Å². The minimum absolute atomic E-state index is 0.000978. The molecule has 1 aliphatic rings. The number of nitrogens with one attached hydrogen (secondary N) is 1. The number of esters is 1. The molecule has 1 saturated heterocycles. The maximum atomic E-state index is 14.5. The van der Waals surface area contributed by atoms with Gasteiger partial charge in [-0.1, -0.05) is 18.2 Å². The molecule has 2 aromatic heterocycles. The zero-order valence-corrected chi connectivity index (χ0v) is 23.2. The third kappa shape index (κ3) is 6.60. The van der Waals surface area contributed by atoms with Gasteiger partial charge in [-0.3, -0.25) is 9.32 Å². The summed E-state index contributed by atoms with van der Waals surface area (Å²) in [5, 5.41) is 17.6. The number of carbonyl (C=O) groups excluding carboxylic acids is 1. The first-order valence-electron chi connectivity index (χ1n) is 12.6. The molecule has 4 N–H and O–H groups in total. The normalized spacial score (nSPS) is 23.9. The van der Waals surface area contributed by atoms with Crippen LogP contribution in [-0.2, 0) is 28.1 Å². The number of carbonyl (C=O) groups is 1. The predicted octanol–water partition coefficient (Wildman–Crippen LogP) is 2.60. The number of fused-ring (bicyclic) bond motifs is 1. The Bertz CT molecular complexity index is 1350. The van der Waals surface area contributed by atoms with E-state index in [1.807, 2.05) is 0 Å². The molecule has 1 fully saturated rings. The van der Waals surface area contributed by atoms with E-state index >= 15 is 0 Å². The lowest BCUT2D eigenvalue weighted by Gasteiger charge is -2.31. The Balaban J connectivity index is 1.52. The second-order valence-corrected chi connectivity index (χ2v) is 11.2. The number of aliphatic hydroxyl groups excluding tert-OH is 1. The first-order chi connectivity index (χ1) is 19.1. The highest BCUT2D eigenvalue weighted by molar-refractivity contribution is 7.52. The van der Waals surface area contributed by atoms with Gasteiger partial charge in [0.05, 0.1) is 24.5 Å². The number of ether oxygens (including phenoxy) is 3. The molecule has 1 unspecified atom stereocenters. The smallest absolute Gasteiger partial charge is 0.459 e. The van der Waals surface area contributed by atoms with E-state index in [1.54, 1.807) is 37.3 Å². The lowest BCUT2D eigenvalue weighted by Crippen LogP contribution is -2.47. The minimum atomic E-state index is -4.35. The lowest BCUT2D eigenvalue weighted by molar-refractivity contribution is -0.148. The maximum absolute atomic E-state index is 14.5. The SMILES string of the molecule is CO[C@@H](C)COC(=O)[C@H](C)NP(=O)(OC[C@@]1(CF)O[C@@H](c2ccc3c(N)ncnn23)C[C@@H]1O)Oc1ccccc1. The van der Waals surface area contributed by atoms with Crippen molar-refractivity contribution in [1.82, 2.24) is 19.7 Å². The summed E-state index contributed by atoms with van der Waals surface area (Å²) in [6.45, 7) is 1.28. The number of aliphatic hydroxyl groups is 1. The van der Waals surface area contributed by atoms with Gasteiger partial charge in [0.25, 0.3) is 0 Å². The molecule has 0 saturated carbocycles. The molecule has 218 valence electrons. The van der Waals surface area contributed by atoms with Crippen LogP contribution < -0.4 is 15.3 Å². The average molecular weight is 582 g/mol. The van der Waals surface area contributed by atoms with Crippen LogP contribution in [0.15, 0.2) is 48.8 Å². The average Bonchev–Trinajstić information content (AvgIpc) is 3.53. The van der Waals surface area contributed by atoms with Crippen molar-refractivity contribution in [3.8, 4) is 5.75 Å². The number of nitrogens with two attached hydrogens (primary N) is 1. The van der Waals surface area contributed by atoms with Crippen LogP contribution in [0.1, 0.15) is 32.1 Å². The summed E-state index contributed by atoms with van der Waals surface area (Å²) in [5.74, 6) is -0.318. The zero-order valence-electron chi connectivity index (χ0n) is 22.3. The van der Waals surface area contributed by atoms with Gasteiger partial charge in [0.1, 0.15) is 48.6 Å². The van der Waals surface area contributed by atoms with Gasteiger partial charge >= 0.3 is 13.7 Å². The Morgan fingerprint density at radius 3 is 2.77 bits per heavy atom. The molecule has 6 atom stereocenters. The molecule has 40 heavy (non-hydrogen) atoms. The standard InChI is InChI=1S/C25H33FN5O8P/c1-16(35-3)12-36-24(33)17(2)30-40(34,39-18-7-5-4-6-8-18)37-14-25(13-26)22(32)11-21(38-25)19-9-10-20-23(27)28-15-29-31(19)20/h4-10,15-17,21-22,32H,11-14H2,1-3H3,(H,30,34)(H2,27,28,29)/t16-,17-,21+,22-,25+,40?/m0/s1. The van der Waals surface area contributed by atoms with Gasteiger partial charge in [-0.15, -0.1) is 0 Å². The van der Waals surface area contributed by atoms with Gasteiger partial charge < -0.3 is 29.6 Å². The van der Waals surface area contributed by atoms with Crippen molar-refractivity contribution >= 4 is 25.1 Å². The van der Waals surface area contributed by atoms with Gasteiger partial charge in [-0.2, -0.15) is 10.2 Å². The molecule has 0 bridgehead atoms. The van der Waals surface area contributed by atoms with Crippen LogP contribution >= 0.6 is 7.75 Å². The van der Waals surface area contributed by atoms with Gasteiger partial charge in [0.2, 0.25) is 0 Å². The first-order valence-corrected chi connectivity index (χ1v) is 14.1. The molecule has 15 heteroatoms. The Hall–Kier alpha value is -3.13. The number of nitrogen functional groups attached to an aromatic ring is 1. The predicted molar refractivity (Wildman–Crippen MR) is 141 cm³/mol. The number of methoxy groups -OCH3 is 1. The minimum Gasteiger partial charge on any atom is -0.462 e. The summed E-state index contributed by atoms with van der Waals surface area (Å²) >= 11 is 0. The van der Waals surface area contributed by atoms with Crippen LogP contribution in [-0.4, -0.2) is 76.5 Å². The number of nitrogens with zero attached hydrogens (tertiary/aromatic N) is 3. The van der Waals surface area contributed by atoms with Crippen molar-refractivity contribution in [1.29, 1.82) is 0 Å². The van der Waals surface area contributed by atoms with E-state index < -0.39 is 50.8 Å². The van der Waals surface area contributed by atoms with Crippen molar-refractivity contribution in [2.75, 3.05) is 32.7 Å². The highest BCUT2D eigenvalue weighted by Crippen LogP contribution is 2.48. The van der Waals surface area contributed by atoms with Gasteiger partial charge in [-0.25, -0.2) is 18.5 Å². The Morgan fingerprint density at radius 1 is 1.32 bits per heavy atom. The quantitative estimate of drug-likeness (QED) is 0.200. The third-order valence-electron chi connectivity index (χ3n) is 6.50. The summed E-state index contributed by atoms with van der Waals surface area (Å²) < 4.78 is 57.4. The van der Waals surface area contributed by atoms with Crippen molar-refractivity contribution in [2.45, 2.75) is 50.2 Å². The third-order valence-corrected chi connectivity index (χ3v) is 8.13. The number of hydrogen-bond donors (Lipinski definition) is 3. The van der Waals surface area contributed by atoms with Crippen LogP contribution in [0.25, 0.3) is 5.52 Å². The topological polar surface area (TPSA) is 169 Å². The van der Waals surface area contributed by atoms with Crippen molar-refractivity contribution < 1.29 is 42.1 Å². The van der Waals surface area contributed by atoms with Crippen LogP contribution in [0.3, 0.4) is 0 Å². The van der Waals surface area contributed by atoms with Crippen LogP contribution in [0.4, 0.5) is 10.2 Å². The molecular weight excluding hydrogens is 548 g/mol. The number of halogens is 1. The fourth-order valence-electron chi connectivity index (χ4n) is 4.10.